The highest BCUT2D eigenvalue weighted by Gasteiger charge is 2.25. The molecule has 1 amide bonds. The number of nitrogens with one attached hydrogen (secondary N) is 1. The molecule has 25 heavy (non-hydrogen) atoms. The van der Waals surface area contributed by atoms with Crippen LogP contribution in [0.5, 0.6) is 0 Å². The maximum atomic E-state index is 11.2. The second kappa shape index (κ2) is 11.2. The summed E-state index contributed by atoms with van der Waals surface area (Å²) >= 11 is 0. The van der Waals surface area contributed by atoms with E-state index in [9.17, 15) is 4.79 Å². The number of carbonyl (C=O) groups is 1. The van der Waals surface area contributed by atoms with Crippen molar-refractivity contribution >= 4 is 35.8 Å². The molecule has 2 saturated heterocycles. The second-order valence-corrected chi connectivity index (χ2v) is 7.62. The monoisotopic (exact) mass is 465 g/mol. The number of carbonyl (C=O) groups excluding carboxylic acids is 1. The van der Waals surface area contributed by atoms with Crippen LogP contribution in [0.25, 0.3) is 0 Å². The Morgan fingerprint density at radius 2 is 1.96 bits per heavy atom. The number of primary amides is 1. The van der Waals surface area contributed by atoms with Gasteiger partial charge < -0.3 is 16.0 Å². The molecule has 0 spiro atoms. The molecule has 0 aromatic rings. The number of aliphatic imine (C=N–C) groups is 1. The van der Waals surface area contributed by atoms with Crippen molar-refractivity contribution in [2.24, 2.45) is 22.6 Å². The van der Waals surface area contributed by atoms with E-state index in [-0.39, 0.29) is 29.9 Å². The first-order valence-electron chi connectivity index (χ1n) is 9.47. The van der Waals surface area contributed by atoms with Crippen LogP contribution in [0.15, 0.2) is 4.99 Å². The zero-order valence-electron chi connectivity index (χ0n) is 16.0. The van der Waals surface area contributed by atoms with Gasteiger partial charge in [0.15, 0.2) is 5.96 Å². The van der Waals surface area contributed by atoms with Crippen LogP contribution in [0.1, 0.15) is 46.0 Å². The van der Waals surface area contributed by atoms with Crippen molar-refractivity contribution in [1.82, 2.24) is 15.1 Å². The number of guanidine groups is 1. The maximum Gasteiger partial charge on any atom is 0.217 e. The molecular weight excluding hydrogens is 429 g/mol. The fraction of sp³-hybridized carbons (Fsp3) is 0.889. The summed E-state index contributed by atoms with van der Waals surface area (Å²) in [7, 11) is 1.84. The SMILES string of the molecule is CN=C(NCC(C)N1CCC(C)CC1)N1CCCC(CC(N)=O)C1.I. The lowest BCUT2D eigenvalue weighted by atomic mass is 9.95. The van der Waals surface area contributed by atoms with Gasteiger partial charge in [0.2, 0.25) is 5.91 Å². The lowest BCUT2D eigenvalue weighted by Crippen LogP contribution is -2.51. The number of nitrogens with zero attached hydrogens (tertiary/aromatic N) is 3. The Morgan fingerprint density at radius 1 is 1.28 bits per heavy atom. The molecular formula is C18H36IN5O. The van der Waals surface area contributed by atoms with E-state index in [2.05, 4.69) is 34.0 Å². The minimum absolute atomic E-state index is 0. The minimum atomic E-state index is -0.197. The van der Waals surface area contributed by atoms with Crippen LogP contribution in [0.2, 0.25) is 0 Å². The topological polar surface area (TPSA) is 74.0 Å². The molecule has 0 aromatic carbocycles. The number of nitrogens with two attached hydrogens (primary N) is 1. The quantitative estimate of drug-likeness (QED) is 0.370. The highest BCUT2D eigenvalue weighted by atomic mass is 127. The molecule has 0 aromatic heterocycles. The molecule has 2 aliphatic rings. The van der Waals surface area contributed by atoms with Gasteiger partial charge in [-0.25, -0.2) is 0 Å². The summed E-state index contributed by atoms with van der Waals surface area (Å²) in [6.45, 7) is 9.84. The van der Waals surface area contributed by atoms with Gasteiger partial charge in [-0.1, -0.05) is 6.92 Å². The van der Waals surface area contributed by atoms with Gasteiger partial charge in [-0.05, 0) is 57.5 Å². The lowest BCUT2D eigenvalue weighted by Gasteiger charge is -2.37. The third-order valence-electron chi connectivity index (χ3n) is 5.52. The highest BCUT2D eigenvalue weighted by molar-refractivity contribution is 14.0. The van der Waals surface area contributed by atoms with E-state index in [0.29, 0.717) is 18.4 Å². The van der Waals surface area contributed by atoms with Crippen LogP contribution in [0.4, 0.5) is 0 Å². The Bertz CT molecular complexity index is 437. The van der Waals surface area contributed by atoms with E-state index in [1.807, 2.05) is 7.05 Å². The Hall–Kier alpha value is -0.570. The number of amides is 1. The van der Waals surface area contributed by atoms with Gasteiger partial charge >= 0.3 is 0 Å². The van der Waals surface area contributed by atoms with Gasteiger partial charge in [-0.2, -0.15) is 0 Å². The molecule has 2 aliphatic heterocycles. The predicted molar refractivity (Wildman–Crippen MR) is 114 cm³/mol. The summed E-state index contributed by atoms with van der Waals surface area (Å²) in [4.78, 5) is 20.5. The van der Waals surface area contributed by atoms with Crippen LogP contribution < -0.4 is 11.1 Å². The molecule has 0 radical (unpaired) electrons. The van der Waals surface area contributed by atoms with Crippen LogP contribution in [-0.4, -0.2) is 67.5 Å². The number of halogens is 1. The van der Waals surface area contributed by atoms with Crippen molar-refractivity contribution in [2.75, 3.05) is 39.8 Å². The van der Waals surface area contributed by atoms with E-state index in [1.54, 1.807) is 0 Å². The number of likely N-dealkylation sites (tertiary alicyclic amines) is 2. The molecule has 6 nitrogen and oxygen atoms in total. The fourth-order valence-corrected chi connectivity index (χ4v) is 3.88. The molecule has 146 valence electrons. The third kappa shape index (κ3) is 7.29. The summed E-state index contributed by atoms with van der Waals surface area (Å²) in [5, 5.41) is 3.54. The Labute approximate surface area is 170 Å². The van der Waals surface area contributed by atoms with Crippen molar-refractivity contribution in [2.45, 2.75) is 52.0 Å². The van der Waals surface area contributed by atoms with Crippen molar-refractivity contribution < 1.29 is 4.79 Å². The summed E-state index contributed by atoms with van der Waals surface area (Å²) in [5.74, 6) is 1.99. The number of hydrogen-bond acceptors (Lipinski definition) is 3. The Kier molecular flexibility index (Phi) is 10.1. The molecule has 2 rings (SSSR count). The smallest absolute Gasteiger partial charge is 0.217 e. The van der Waals surface area contributed by atoms with Crippen molar-refractivity contribution in [1.29, 1.82) is 0 Å². The van der Waals surface area contributed by atoms with E-state index < -0.39 is 0 Å². The second-order valence-electron chi connectivity index (χ2n) is 7.62. The average Bonchev–Trinajstić information content (AvgIpc) is 2.55. The Balaban J connectivity index is 0.00000312. The summed E-state index contributed by atoms with van der Waals surface area (Å²) in [6.07, 6.45) is 5.27. The van der Waals surface area contributed by atoms with E-state index >= 15 is 0 Å². The largest absolute Gasteiger partial charge is 0.370 e. The fourth-order valence-electron chi connectivity index (χ4n) is 3.88. The van der Waals surface area contributed by atoms with Crippen molar-refractivity contribution in [3.8, 4) is 0 Å². The molecule has 2 unspecified atom stereocenters. The normalized spacial score (nSPS) is 24.5. The predicted octanol–water partition coefficient (Wildman–Crippen LogP) is 1.89. The number of hydrogen-bond donors (Lipinski definition) is 2. The van der Waals surface area contributed by atoms with Crippen LogP contribution >= 0.6 is 24.0 Å². The first kappa shape index (κ1) is 22.5. The zero-order chi connectivity index (χ0) is 17.5. The maximum absolute atomic E-state index is 11.2. The van der Waals surface area contributed by atoms with Crippen LogP contribution in [0.3, 0.4) is 0 Å². The molecule has 0 aliphatic carbocycles. The summed E-state index contributed by atoms with van der Waals surface area (Å²) < 4.78 is 0. The van der Waals surface area contributed by atoms with Gasteiger partial charge in [-0.15, -0.1) is 24.0 Å². The van der Waals surface area contributed by atoms with Gasteiger partial charge in [-0.3, -0.25) is 14.7 Å². The van der Waals surface area contributed by atoms with E-state index in [1.165, 1.54) is 25.9 Å². The van der Waals surface area contributed by atoms with E-state index in [0.717, 1.165) is 44.4 Å². The molecule has 2 atom stereocenters. The Morgan fingerprint density at radius 3 is 2.56 bits per heavy atom. The van der Waals surface area contributed by atoms with Crippen molar-refractivity contribution in [3.63, 3.8) is 0 Å². The number of rotatable bonds is 5. The van der Waals surface area contributed by atoms with Gasteiger partial charge in [0, 0.05) is 39.1 Å². The van der Waals surface area contributed by atoms with Crippen molar-refractivity contribution in [3.05, 3.63) is 0 Å². The van der Waals surface area contributed by atoms with Crippen LogP contribution in [-0.2, 0) is 4.79 Å². The number of piperidine rings is 2. The third-order valence-corrected chi connectivity index (χ3v) is 5.52. The first-order valence-corrected chi connectivity index (χ1v) is 9.47. The standard InChI is InChI=1S/C18H35N5O.HI/c1-14-6-9-22(10-7-14)15(2)12-21-18(20-3)23-8-4-5-16(13-23)11-17(19)24;/h14-16H,4-13H2,1-3H3,(H2,19,24)(H,20,21);1H. The first-order chi connectivity index (χ1) is 11.5. The van der Waals surface area contributed by atoms with E-state index in [4.69, 9.17) is 5.73 Å². The minimum Gasteiger partial charge on any atom is -0.370 e. The van der Waals surface area contributed by atoms with Gasteiger partial charge in [0.05, 0.1) is 0 Å². The lowest BCUT2D eigenvalue weighted by molar-refractivity contribution is -0.119. The molecule has 3 N–H and O–H groups in total. The zero-order valence-corrected chi connectivity index (χ0v) is 18.4. The molecule has 0 bridgehead atoms. The highest BCUT2D eigenvalue weighted by Crippen LogP contribution is 2.20. The molecule has 2 heterocycles. The average molecular weight is 465 g/mol. The van der Waals surface area contributed by atoms with Gasteiger partial charge in [0.25, 0.3) is 0 Å². The molecule has 0 saturated carbocycles. The van der Waals surface area contributed by atoms with Crippen LogP contribution in [0, 0.1) is 11.8 Å². The molecule has 2 fully saturated rings. The summed E-state index contributed by atoms with van der Waals surface area (Å²) in [5.41, 5.74) is 5.36. The summed E-state index contributed by atoms with van der Waals surface area (Å²) in [6, 6.07) is 0.514. The molecule has 7 heteroatoms. The van der Waals surface area contributed by atoms with Gasteiger partial charge in [0.1, 0.15) is 0 Å².